The molecular weight excluding hydrogens is 274 g/mol. The van der Waals surface area contributed by atoms with Gasteiger partial charge in [0.15, 0.2) is 0 Å². The summed E-state index contributed by atoms with van der Waals surface area (Å²) in [6.45, 7) is 3.16. The predicted molar refractivity (Wildman–Crippen MR) is 77.9 cm³/mol. The molecule has 116 valence electrons. The van der Waals surface area contributed by atoms with E-state index in [2.05, 4.69) is 10.3 Å². The van der Waals surface area contributed by atoms with E-state index in [-0.39, 0.29) is 0 Å². The third-order valence-corrected chi connectivity index (χ3v) is 2.85. The van der Waals surface area contributed by atoms with Crippen molar-refractivity contribution in [1.29, 1.82) is 0 Å². The van der Waals surface area contributed by atoms with Gasteiger partial charge in [-0.05, 0) is 18.6 Å². The van der Waals surface area contributed by atoms with Crippen molar-refractivity contribution in [1.82, 2.24) is 9.88 Å². The molecule has 1 aromatic rings. The second-order valence-corrected chi connectivity index (χ2v) is 4.40. The van der Waals surface area contributed by atoms with Crippen molar-refractivity contribution >= 4 is 17.6 Å². The van der Waals surface area contributed by atoms with Gasteiger partial charge in [-0.25, -0.2) is 4.98 Å². The molecule has 1 aromatic heterocycles. The van der Waals surface area contributed by atoms with Gasteiger partial charge in [-0.15, -0.1) is 0 Å². The number of amides is 2. The molecule has 0 saturated carbocycles. The highest BCUT2D eigenvalue weighted by Crippen LogP contribution is 2.09. The lowest BCUT2D eigenvalue weighted by Crippen LogP contribution is -2.43. The number of hydrogen-bond acceptors (Lipinski definition) is 5. The number of nitrogens with one attached hydrogen (secondary N) is 1. The zero-order valence-corrected chi connectivity index (χ0v) is 12.6. The topological polar surface area (TPSA) is 80.8 Å². The smallest absolute Gasteiger partial charge is 0.315 e. The van der Waals surface area contributed by atoms with Gasteiger partial charge in [0.05, 0.1) is 13.2 Å². The minimum atomic E-state index is -0.719. The maximum atomic E-state index is 12.1. The molecule has 0 radical (unpaired) electrons. The second-order valence-electron chi connectivity index (χ2n) is 4.40. The van der Waals surface area contributed by atoms with Gasteiger partial charge in [-0.2, -0.15) is 0 Å². The number of carbonyl (C=O) groups is 2. The largest absolute Gasteiger partial charge is 0.383 e. The molecule has 0 atom stereocenters. The molecule has 0 bridgehead atoms. The van der Waals surface area contributed by atoms with E-state index in [9.17, 15) is 9.59 Å². The summed E-state index contributed by atoms with van der Waals surface area (Å²) in [6.07, 6.45) is 1.56. The van der Waals surface area contributed by atoms with Crippen LogP contribution in [0.1, 0.15) is 5.56 Å². The van der Waals surface area contributed by atoms with Gasteiger partial charge in [0, 0.05) is 33.5 Å². The van der Waals surface area contributed by atoms with Gasteiger partial charge in [-0.1, -0.05) is 6.07 Å². The van der Waals surface area contributed by atoms with Crippen molar-refractivity contribution in [3.63, 3.8) is 0 Å². The van der Waals surface area contributed by atoms with Crippen LogP contribution < -0.4 is 5.32 Å². The first kappa shape index (κ1) is 17.1. The Kier molecular flexibility index (Phi) is 7.34. The normalized spacial score (nSPS) is 10.2. The molecule has 1 N–H and O–H groups in total. The summed E-state index contributed by atoms with van der Waals surface area (Å²) in [7, 11) is 3.08. The second kappa shape index (κ2) is 9.04. The van der Waals surface area contributed by atoms with Crippen molar-refractivity contribution in [2.24, 2.45) is 0 Å². The van der Waals surface area contributed by atoms with E-state index in [1.165, 1.54) is 19.1 Å². The number of pyridine rings is 1. The zero-order valence-electron chi connectivity index (χ0n) is 12.6. The van der Waals surface area contributed by atoms with Gasteiger partial charge in [0.25, 0.3) is 0 Å². The summed E-state index contributed by atoms with van der Waals surface area (Å²) < 4.78 is 9.88. The highest BCUT2D eigenvalue weighted by Gasteiger charge is 2.22. The monoisotopic (exact) mass is 295 g/mol. The predicted octanol–water partition coefficient (Wildman–Crippen LogP) is 0.450. The molecule has 21 heavy (non-hydrogen) atoms. The maximum absolute atomic E-state index is 12.1. The number of hydrogen-bond donors (Lipinski definition) is 1. The van der Waals surface area contributed by atoms with E-state index in [4.69, 9.17) is 9.47 Å². The van der Waals surface area contributed by atoms with Gasteiger partial charge < -0.3 is 19.7 Å². The fourth-order valence-corrected chi connectivity index (χ4v) is 1.64. The van der Waals surface area contributed by atoms with Crippen molar-refractivity contribution in [2.45, 2.75) is 6.92 Å². The van der Waals surface area contributed by atoms with Crippen molar-refractivity contribution in [2.75, 3.05) is 45.8 Å². The quantitative estimate of drug-likeness (QED) is 0.739. The Balaban J connectivity index is 2.68. The van der Waals surface area contributed by atoms with Gasteiger partial charge >= 0.3 is 11.8 Å². The highest BCUT2D eigenvalue weighted by molar-refractivity contribution is 6.39. The summed E-state index contributed by atoms with van der Waals surface area (Å²) in [4.78, 5) is 29.6. The van der Waals surface area contributed by atoms with Crippen LogP contribution in [0, 0.1) is 6.92 Å². The van der Waals surface area contributed by atoms with Crippen LogP contribution in [0.4, 0.5) is 5.82 Å². The van der Waals surface area contributed by atoms with Crippen LogP contribution in [0.3, 0.4) is 0 Å². The minimum Gasteiger partial charge on any atom is -0.383 e. The van der Waals surface area contributed by atoms with Gasteiger partial charge in [-0.3, -0.25) is 9.59 Å². The van der Waals surface area contributed by atoms with Crippen LogP contribution in [0.15, 0.2) is 18.3 Å². The summed E-state index contributed by atoms with van der Waals surface area (Å²) in [5.41, 5.74) is 0.791. The average molecular weight is 295 g/mol. The standard InChI is InChI=1S/C14H21N3O4/c1-11-5-4-6-15-12(11)16-13(18)14(19)17(7-9-20-2)8-10-21-3/h4-6H,7-10H2,1-3H3,(H,15,16,18). The Bertz CT molecular complexity index is 471. The first-order valence-electron chi connectivity index (χ1n) is 6.60. The minimum absolute atomic E-state index is 0.327. The number of aryl methyl sites for hydroxylation is 1. The molecule has 0 aliphatic rings. The lowest BCUT2D eigenvalue weighted by molar-refractivity contribution is -0.144. The molecule has 1 heterocycles. The molecule has 0 unspecified atom stereocenters. The summed E-state index contributed by atoms with van der Waals surface area (Å²) >= 11 is 0. The maximum Gasteiger partial charge on any atom is 0.315 e. The van der Waals surface area contributed by atoms with Crippen LogP contribution in [0.2, 0.25) is 0 Å². The molecule has 0 fully saturated rings. The van der Waals surface area contributed by atoms with Gasteiger partial charge in [0.2, 0.25) is 0 Å². The first-order valence-corrected chi connectivity index (χ1v) is 6.60. The average Bonchev–Trinajstić information content (AvgIpc) is 2.49. The van der Waals surface area contributed by atoms with E-state index in [1.54, 1.807) is 25.3 Å². The summed E-state index contributed by atoms with van der Waals surface area (Å²) in [5.74, 6) is -0.965. The van der Waals surface area contributed by atoms with Crippen LogP contribution in [-0.4, -0.2) is 62.2 Å². The molecule has 0 aromatic carbocycles. The molecule has 0 spiro atoms. The first-order chi connectivity index (χ1) is 10.1. The lowest BCUT2D eigenvalue weighted by atomic mass is 10.3. The number of rotatable bonds is 7. The third-order valence-electron chi connectivity index (χ3n) is 2.85. The number of ether oxygens (including phenoxy) is 2. The molecule has 7 nitrogen and oxygen atoms in total. The summed E-state index contributed by atoms with van der Waals surface area (Å²) in [5, 5.41) is 2.52. The van der Waals surface area contributed by atoms with Crippen molar-refractivity contribution in [3.05, 3.63) is 23.9 Å². The van der Waals surface area contributed by atoms with Crippen LogP contribution >= 0.6 is 0 Å². The van der Waals surface area contributed by atoms with Crippen LogP contribution in [0.25, 0.3) is 0 Å². The molecule has 0 aliphatic carbocycles. The number of methoxy groups -OCH3 is 2. The van der Waals surface area contributed by atoms with E-state index >= 15 is 0 Å². The number of anilines is 1. The van der Waals surface area contributed by atoms with Crippen LogP contribution in [0.5, 0.6) is 0 Å². The molecule has 0 aliphatic heterocycles. The van der Waals surface area contributed by atoms with E-state index < -0.39 is 11.8 Å². The van der Waals surface area contributed by atoms with E-state index in [0.29, 0.717) is 32.1 Å². The zero-order chi connectivity index (χ0) is 15.7. The van der Waals surface area contributed by atoms with E-state index in [0.717, 1.165) is 5.56 Å². The molecule has 7 heteroatoms. The number of nitrogens with zero attached hydrogens (tertiary/aromatic N) is 2. The van der Waals surface area contributed by atoms with Gasteiger partial charge in [0.1, 0.15) is 5.82 Å². The van der Waals surface area contributed by atoms with Crippen molar-refractivity contribution < 1.29 is 19.1 Å². The Morgan fingerprint density at radius 1 is 1.24 bits per heavy atom. The molecular formula is C14H21N3O4. The Hall–Kier alpha value is -1.99. The third kappa shape index (κ3) is 5.49. The fraction of sp³-hybridized carbons (Fsp3) is 0.500. The summed E-state index contributed by atoms with van der Waals surface area (Å²) in [6, 6.07) is 3.57. The molecule has 0 saturated heterocycles. The number of aromatic nitrogens is 1. The fourth-order valence-electron chi connectivity index (χ4n) is 1.64. The highest BCUT2D eigenvalue weighted by atomic mass is 16.5. The SMILES string of the molecule is COCCN(CCOC)C(=O)C(=O)Nc1ncccc1C. The molecule has 2 amide bonds. The lowest BCUT2D eigenvalue weighted by Gasteiger charge is -2.21. The Labute approximate surface area is 124 Å². The Morgan fingerprint density at radius 2 is 1.86 bits per heavy atom. The Morgan fingerprint density at radius 3 is 2.38 bits per heavy atom. The van der Waals surface area contributed by atoms with Crippen LogP contribution in [-0.2, 0) is 19.1 Å². The molecule has 1 rings (SSSR count). The number of carbonyl (C=O) groups excluding carboxylic acids is 2. The van der Waals surface area contributed by atoms with Crippen molar-refractivity contribution in [3.8, 4) is 0 Å². The van der Waals surface area contributed by atoms with E-state index in [1.807, 2.05) is 0 Å².